The summed E-state index contributed by atoms with van der Waals surface area (Å²) in [7, 11) is 0. The average Bonchev–Trinajstić information content (AvgIpc) is 3.30. The minimum Gasteiger partial charge on any atom is -0.492 e. The SMILES string of the molecule is O=C(CSCc1nc2sc3c(c2c(=O)[nH]1)CCC3)NCCCOc1ccc(Cl)cc1Cl. The Hall–Kier alpha value is -1.74. The molecule has 2 heterocycles. The third kappa shape index (κ3) is 5.55. The summed E-state index contributed by atoms with van der Waals surface area (Å²) in [4.78, 5) is 34.1. The molecular weight excluding hydrogens is 477 g/mol. The van der Waals surface area contributed by atoms with Crippen LogP contribution in [0.5, 0.6) is 5.75 Å². The van der Waals surface area contributed by atoms with Crippen molar-refractivity contribution in [2.75, 3.05) is 18.9 Å². The predicted molar refractivity (Wildman–Crippen MR) is 128 cm³/mol. The molecule has 3 aromatic rings. The van der Waals surface area contributed by atoms with Gasteiger partial charge in [0.1, 0.15) is 16.4 Å². The number of nitrogens with one attached hydrogen (secondary N) is 2. The molecule has 2 aromatic heterocycles. The smallest absolute Gasteiger partial charge is 0.259 e. The number of aromatic amines is 1. The van der Waals surface area contributed by atoms with Gasteiger partial charge in [0.05, 0.1) is 28.5 Å². The highest BCUT2D eigenvalue weighted by atomic mass is 35.5. The van der Waals surface area contributed by atoms with E-state index in [1.165, 1.54) is 22.2 Å². The number of carbonyl (C=O) groups excluding carboxylic acids is 1. The van der Waals surface area contributed by atoms with Crippen molar-refractivity contribution in [2.24, 2.45) is 0 Å². The number of thioether (sulfide) groups is 1. The molecule has 0 radical (unpaired) electrons. The van der Waals surface area contributed by atoms with Crippen LogP contribution in [0.1, 0.15) is 29.1 Å². The number of thiophene rings is 1. The fourth-order valence-corrected chi connectivity index (χ4v) is 5.94. The number of aryl methyl sites for hydroxylation is 2. The lowest BCUT2D eigenvalue weighted by Crippen LogP contribution is -2.27. The van der Waals surface area contributed by atoms with Crippen LogP contribution in [-0.2, 0) is 23.4 Å². The first-order chi connectivity index (χ1) is 15.0. The Morgan fingerprint density at radius 3 is 3.03 bits per heavy atom. The number of benzene rings is 1. The first-order valence-electron chi connectivity index (χ1n) is 9.97. The summed E-state index contributed by atoms with van der Waals surface area (Å²) in [6.07, 6.45) is 3.78. The quantitative estimate of drug-likeness (QED) is 0.422. The Balaban J connectivity index is 1.17. The van der Waals surface area contributed by atoms with Crippen LogP contribution in [0.2, 0.25) is 10.0 Å². The van der Waals surface area contributed by atoms with Gasteiger partial charge < -0.3 is 15.0 Å². The second-order valence-electron chi connectivity index (χ2n) is 7.17. The molecule has 10 heteroatoms. The molecule has 2 N–H and O–H groups in total. The maximum absolute atomic E-state index is 12.5. The van der Waals surface area contributed by atoms with Crippen molar-refractivity contribution in [1.82, 2.24) is 15.3 Å². The first kappa shape index (κ1) is 22.5. The van der Waals surface area contributed by atoms with Gasteiger partial charge in [-0.25, -0.2) is 4.98 Å². The van der Waals surface area contributed by atoms with E-state index in [1.807, 2.05) is 0 Å². The highest BCUT2D eigenvalue weighted by Crippen LogP contribution is 2.34. The number of aromatic nitrogens is 2. The van der Waals surface area contributed by atoms with Crippen LogP contribution in [0, 0.1) is 0 Å². The third-order valence-electron chi connectivity index (χ3n) is 4.89. The molecular formula is C21H21Cl2N3O3S2. The van der Waals surface area contributed by atoms with E-state index in [0.717, 1.165) is 29.5 Å². The van der Waals surface area contributed by atoms with Crippen LogP contribution in [0.25, 0.3) is 10.2 Å². The van der Waals surface area contributed by atoms with Gasteiger partial charge in [0.25, 0.3) is 5.56 Å². The zero-order chi connectivity index (χ0) is 21.8. The van der Waals surface area contributed by atoms with Crippen molar-refractivity contribution < 1.29 is 9.53 Å². The molecule has 0 unspecified atom stereocenters. The summed E-state index contributed by atoms with van der Waals surface area (Å²) in [5, 5.41) is 4.64. The normalized spacial score (nSPS) is 12.8. The van der Waals surface area contributed by atoms with Gasteiger partial charge in [0.15, 0.2) is 0 Å². The van der Waals surface area contributed by atoms with Crippen molar-refractivity contribution >= 4 is 62.4 Å². The van der Waals surface area contributed by atoms with Gasteiger partial charge in [-0.05, 0) is 49.4 Å². The van der Waals surface area contributed by atoms with E-state index in [-0.39, 0.29) is 11.5 Å². The Morgan fingerprint density at radius 2 is 2.19 bits per heavy atom. The number of amides is 1. The fourth-order valence-electron chi connectivity index (χ4n) is 3.48. The Morgan fingerprint density at radius 1 is 1.32 bits per heavy atom. The lowest BCUT2D eigenvalue weighted by Gasteiger charge is -2.09. The van der Waals surface area contributed by atoms with Crippen LogP contribution in [0.15, 0.2) is 23.0 Å². The highest BCUT2D eigenvalue weighted by Gasteiger charge is 2.21. The van der Waals surface area contributed by atoms with E-state index in [9.17, 15) is 9.59 Å². The van der Waals surface area contributed by atoms with Gasteiger partial charge in [-0.15, -0.1) is 23.1 Å². The maximum Gasteiger partial charge on any atom is 0.259 e. The summed E-state index contributed by atoms with van der Waals surface area (Å²) in [5.74, 6) is 1.91. The summed E-state index contributed by atoms with van der Waals surface area (Å²) in [6, 6.07) is 5.06. The molecule has 0 fully saturated rings. The minimum absolute atomic E-state index is 0.0620. The number of halogens is 2. The van der Waals surface area contributed by atoms with Crippen LogP contribution in [0.3, 0.4) is 0 Å². The second kappa shape index (κ2) is 10.3. The van der Waals surface area contributed by atoms with E-state index in [1.54, 1.807) is 29.5 Å². The van der Waals surface area contributed by atoms with Crippen LogP contribution in [-0.4, -0.2) is 34.8 Å². The Kier molecular flexibility index (Phi) is 7.43. The molecule has 31 heavy (non-hydrogen) atoms. The number of H-pyrrole nitrogens is 1. The summed E-state index contributed by atoms with van der Waals surface area (Å²) < 4.78 is 5.59. The molecule has 4 rings (SSSR count). The number of rotatable bonds is 9. The molecule has 0 spiro atoms. The zero-order valence-electron chi connectivity index (χ0n) is 16.6. The van der Waals surface area contributed by atoms with Crippen LogP contribution in [0.4, 0.5) is 0 Å². The molecule has 1 aliphatic rings. The largest absolute Gasteiger partial charge is 0.492 e. The number of carbonyl (C=O) groups is 1. The van der Waals surface area contributed by atoms with Gasteiger partial charge in [0, 0.05) is 16.4 Å². The topological polar surface area (TPSA) is 84.1 Å². The summed E-state index contributed by atoms with van der Waals surface area (Å²) >= 11 is 15.0. The van der Waals surface area contributed by atoms with Crippen molar-refractivity contribution in [1.29, 1.82) is 0 Å². The van der Waals surface area contributed by atoms with Gasteiger partial charge >= 0.3 is 0 Å². The molecule has 1 aromatic carbocycles. The monoisotopic (exact) mass is 497 g/mol. The molecule has 0 aliphatic heterocycles. The molecule has 0 bridgehead atoms. The standard InChI is InChI=1S/C21H21Cl2N3O3S2/c22-12-5-6-15(14(23)9-12)29-8-2-7-24-18(27)11-30-10-17-25-20(28)19-13-3-1-4-16(13)31-21(19)26-17/h5-6,9H,1-4,7-8,10-11H2,(H,24,27)(H,25,26,28). The molecule has 0 atom stereocenters. The summed E-state index contributed by atoms with van der Waals surface area (Å²) in [6.45, 7) is 0.942. The van der Waals surface area contributed by atoms with Gasteiger partial charge in [-0.1, -0.05) is 23.2 Å². The van der Waals surface area contributed by atoms with E-state index >= 15 is 0 Å². The third-order valence-corrected chi connectivity index (χ3v) is 7.55. The van der Waals surface area contributed by atoms with E-state index in [2.05, 4.69) is 15.3 Å². The number of hydrogen-bond donors (Lipinski definition) is 2. The highest BCUT2D eigenvalue weighted by molar-refractivity contribution is 7.99. The molecule has 0 saturated heterocycles. The Bertz CT molecular complexity index is 1160. The number of hydrogen-bond acceptors (Lipinski definition) is 6. The van der Waals surface area contributed by atoms with Crippen molar-refractivity contribution in [3.63, 3.8) is 0 Å². The molecule has 6 nitrogen and oxygen atoms in total. The predicted octanol–water partition coefficient (Wildman–Crippen LogP) is 4.60. The maximum atomic E-state index is 12.5. The van der Waals surface area contributed by atoms with E-state index < -0.39 is 0 Å². The lowest BCUT2D eigenvalue weighted by molar-refractivity contribution is -0.118. The number of nitrogens with zero attached hydrogens (tertiary/aromatic N) is 1. The summed E-state index contributed by atoms with van der Waals surface area (Å²) in [5.41, 5.74) is 1.11. The Labute approximate surface area is 197 Å². The van der Waals surface area contributed by atoms with Gasteiger partial charge in [0.2, 0.25) is 5.91 Å². The number of fused-ring (bicyclic) bond motifs is 3. The van der Waals surface area contributed by atoms with Gasteiger partial charge in [-0.2, -0.15) is 0 Å². The molecule has 164 valence electrons. The fraction of sp³-hybridized carbons (Fsp3) is 0.381. The zero-order valence-corrected chi connectivity index (χ0v) is 19.8. The average molecular weight is 498 g/mol. The van der Waals surface area contributed by atoms with Crippen LogP contribution >= 0.6 is 46.3 Å². The van der Waals surface area contributed by atoms with Crippen molar-refractivity contribution in [2.45, 2.75) is 31.4 Å². The van der Waals surface area contributed by atoms with E-state index in [4.69, 9.17) is 27.9 Å². The molecule has 1 amide bonds. The van der Waals surface area contributed by atoms with Crippen molar-refractivity contribution in [3.8, 4) is 5.75 Å². The first-order valence-corrected chi connectivity index (χ1v) is 12.7. The van der Waals surface area contributed by atoms with E-state index in [0.29, 0.717) is 52.7 Å². The number of ether oxygens (including phenoxy) is 1. The second-order valence-corrected chi connectivity index (χ2v) is 10.1. The minimum atomic E-state index is -0.0646. The van der Waals surface area contributed by atoms with Gasteiger partial charge in [-0.3, -0.25) is 9.59 Å². The lowest BCUT2D eigenvalue weighted by atomic mass is 10.2. The molecule has 1 aliphatic carbocycles. The van der Waals surface area contributed by atoms with Crippen molar-refractivity contribution in [3.05, 3.63) is 54.9 Å². The van der Waals surface area contributed by atoms with Crippen LogP contribution < -0.4 is 15.6 Å². The molecule has 0 saturated carbocycles.